The number of aromatic nitrogens is 2. The summed E-state index contributed by atoms with van der Waals surface area (Å²) in [5.74, 6) is 0.145. The van der Waals surface area contributed by atoms with E-state index in [-0.39, 0.29) is 11.9 Å². The minimum atomic E-state index is -0.176. The normalized spacial score (nSPS) is 20.6. The highest BCUT2D eigenvalue weighted by atomic mass is 16.1. The van der Waals surface area contributed by atoms with E-state index in [0.29, 0.717) is 11.5 Å². The molecule has 0 aromatic carbocycles. The van der Waals surface area contributed by atoms with Crippen molar-refractivity contribution in [3.63, 3.8) is 0 Å². The molecule has 1 atom stereocenters. The van der Waals surface area contributed by atoms with Gasteiger partial charge in [-0.05, 0) is 25.9 Å². The van der Waals surface area contributed by atoms with Crippen LogP contribution in [0.15, 0.2) is 12.4 Å². The van der Waals surface area contributed by atoms with Gasteiger partial charge in [0.1, 0.15) is 11.5 Å². The largest absolute Gasteiger partial charge is 0.382 e. The number of hydrogen-bond donors (Lipinski definition) is 2. The molecular formula is C12H19N5O. The van der Waals surface area contributed by atoms with E-state index in [1.165, 1.54) is 12.4 Å². The van der Waals surface area contributed by atoms with Crippen LogP contribution >= 0.6 is 0 Å². The van der Waals surface area contributed by atoms with Gasteiger partial charge in [0.15, 0.2) is 0 Å². The second-order valence-electron chi connectivity index (χ2n) is 4.53. The third-order valence-electron chi connectivity index (χ3n) is 3.19. The maximum absolute atomic E-state index is 11.9. The van der Waals surface area contributed by atoms with Crippen LogP contribution in [0.25, 0.3) is 0 Å². The Morgan fingerprint density at radius 2 is 2.39 bits per heavy atom. The van der Waals surface area contributed by atoms with Gasteiger partial charge < -0.3 is 16.0 Å². The topological polar surface area (TPSA) is 84.1 Å². The molecule has 1 saturated heterocycles. The number of likely N-dealkylation sites (N-methyl/N-ethyl adjacent to an activating group) is 1. The van der Waals surface area contributed by atoms with Crippen LogP contribution in [0.3, 0.4) is 0 Å². The summed E-state index contributed by atoms with van der Waals surface area (Å²) in [6.07, 6.45) is 4.94. The molecule has 1 amide bonds. The van der Waals surface area contributed by atoms with Gasteiger partial charge in [-0.3, -0.25) is 4.79 Å². The lowest BCUT2D eigenvalue weighted by Gasteiger charge is -2.32. The second kappa shape index (κ2) is 5.77. The summed E-state index contributed by atoms with van der Waals surface area (Å²) < 4.78 is 0. The number of piperidine rings is 1. The molecular weight excluding hydrogens is 230 g/mol. The third-order valence-corrected chi connectivity index (χ3v) is 3.19. The molecule has 2 rings (SSSR count). The number of nitrogens with one attached hydrogen (secondary N) is 1. The second-order valence-corrected chi connectivity index (χ2v) is 4.53. The van der Waals surface area contributed by atoms with Crippen molar-refractivity contribution in [1.82, 2.24) is 20.2 Å². The molecule has 3 N–H and O–H groups in total. The zero-order valence-electron chi connectivity index (χ0n) is 10.6. The first-order chi connectivity index (χ1) is 8.69. The molecule has 1 aromatic heterocycles. The van der Waals surface area contributed by atoms with Crippen molar-refractivity contribution in [2.24, 2.45) is 0 Å². The van der Waals surface area contributed by atoms with Crippen molar-refractivity contribution >= 4 is 11.7 Å². The predicted octanol–water partition coefficient (Wildman–Crippen LogP) is 0.273. The van der Waals surface area contributed by atoms with Gasteiger partial charge in [0.2, 0.25) is 0 Å². The number of nitrogen functional groups attached to an aromatic ring is 1. The molecule has 6 nitrogen and oxygen atoms in total. The van der Waals surface area contributed by atoms with Crippen LogP contribution in [0.4, 0.5) is 5.82 Å². The summed E-state index contributed by atoms with van der Waals surface area (Å²) >= 11 is 0. The Morgan fingerprint density at radius 3 is 3.06 bits per heavy atom. The zero-order chi connectivity index (χ0) is 13.0. The van der Waals surface area contributed by atoms with Crippen molar-refractivity contribution in [2.45, 2.75) is 25.8 Å². The molecule has 98 valence electrons. The first-order valence-corrected chi connectivity index (χ1v) is 6.29. The van der Waals surface area contributed by atoms with E-state index in [1.54, 1.807) is 0 Å². The third kappa shape index (κ3) is 3.16. The summed E-state index contributed by atoms with van der Waals surface area (Å²) in [6.45, 7) is 5.18. The lowest BCUT2D eigenvalue weighted by Crippen LogP contribution is -2.47. The first kappa shape index (κ1) is 12.8. The lowest BCUT2D eigenvalue weighted by atomic mass is 10.1. The number of anilines is 1. The molecule has 0 spiro atoms. The van der Waals surface area contributed by atoms with Crippen LogP contribution in [0.1, 0.15) is 30.3 Å². The predicted molar refractivity (Wildman–Crippen MR) is 69.0 cm³/mol. The fraction of sp³-hybridized carbons (Fsp3) is 0.583. The van der Waals surface area contributed by atoms with E-state index in [4.69, 9.17) is 5.73 Å². The first-order valence-electron chi connectivity index (χ1n) is 6.29. The number of amides is 1. The molecule has 1 aliphatic rings. The summed E-state index contributed by atoms with van der Waals surface area (Å²) in [5.41, 5.74) is 5.75. The van der Waals surface area contributed by atoms with E-state index >= 15 is 0 Å². The zero-order valence-corrected chi connectivity index (χ0v) is 10.6. The summed E-state index contributed by atoms with van der Waals surface area (Å²) in [5, 5.41) is 2.99. The van der Waals surface area contributed by atoms with Gasteiger partial charge in [0, 0.05) is 12.6 Å². The molecule has 1 fully saturated rings. The molecule has 0 aliphatic carbocycles. The molecule has 0 saturated carbocycles. The van der Waals surface area contributed by atoms with Crippen LogP contribution in [-0.4, -0.2) is 46.5 Å². The average molecular weight is 249 g/mol. The molecule has 2 heterocycles. The Balaban J connectivity index is 1.92. The minimum Gasteiger partial charge on any atom is -0.382 e. The fourth-order valence-electron chi connectivity index (χ4n) is 2.18. The highest BCUT2D eigenvalue weighted by Crippen LogP contribution is 2.10. The highest BCUT2D eigenvalue weighted by Gasteiger charge is 2.21. The quantitative estimate of drug-likeness (QED) is 0.803. The number of hydrogen-bond acceptors (Lipinski definition) is 5. The highest BCUT2D eigenvalue weighted by molar-refractivity contribution is 5.92. The minimum absolute atomic E-state index is 0.176. The Kier molecular flexibility index (Phi) is 4.09. The van der Waals surface area contributed by atoms with Crippen LogP contribution in [-0.2, 0) is 0 Å². The van der Waals surface area contributed by atoms with Gasteiger partial charge >= 0.3 is 0 Å². The number of carbonyl (C=O) groups is 1. The molecule has 6 heteroatoms. The summed E-state index contributed by atoms with van der Waals surface area (Å²) in [6, 6.07) is 0.200. The Bertz CT molecular complexity index is 405. The van der Waals surface area contributed by atoms with E-state index in [1.807, 2.05) is 0 Å². The van der Waals surface area contributed by atoms with E-state index in [9.17, 15) is 4.79 Å². The van der Waals surface area contributed by atoms with E-state index in [2.05, 4.69) is 27.1 Å². The molecule has 0 bridgehead atoms. The van der Waals surface area contributed by atoms with Crippen molar-refractivity contribution in [2.75, 3.05) is 25.4 Å². The van der Waals surface area contributed by atoms with Gasteiger partial charge in [-0.15, -0.1) is 0 Å². The molecule has 1 unspecified atom stereocenters. The molecule has 1 aliphatic heterocycles. The number of nitrogens with two attached hydrogens (primary N) is 1. The number of rotatable bonds is 3. The SMILES string of the molecule is CCN1CCCC(NC(=O)c2cnc(N)cn2)C1. The van der Waals surface area contributed by atoms with Crippen molar-refractivity contribution < 1.29 is 4.79 Å². The molecule has 1 aromatic rings. The standard InChI is InChI=1S/C12H19N5O/c1-2-17-5-3-4-9(8-17)16-12(18)10-6-15-11(13)7-14-10/h6-7,9H,2-5,8H2,1H3,(H2,13,15)(H,16,18). The Hall–Kier alpha value is -1.69. The lowest BCUT2D eigenvalue weighted by molar-refractivity contribution is 0.0900. The smallest absolute Gasteiger partial charge is 0.271 e. The van der Waals surface area contributed by atoms with Crippen LogP contribution in [0.2, 0.25) is 0 Å². The molecule has 18 heavy (non-hydrogen) atoms. The maximum Gasteiger partial charge on any atom is 0.271 e. The fourth-order valence-corrected chi connectivity index (χ4v) is 2.18. The van der Waals surface area contributed by atoms with E-state index in [0.717, 1.165) is 32.5 Å². The Labute approximate surface area is 107 Å². The van der Waals surface area contributed by atoms with Crippen LogP contribution in [0.5, 0.6) is 0 Å². The van der Waals surface area contributed by atoms with Gasteiger partial charge in [-0.2, -0.15) is 0 Å². The Morgan fingerprint density at radius 1 is 1.56 bits per heavy atom. The monoisotopic (exact) mass is 249 g/mol. The average Bonchev–Trinajstić information content (AvgIpc) is 2.39. The molecule has 0 radical (unpaired) electrons. The summed E-state index contributed by atoms with van der Waals surface area (Å²) in [4.78, 5) is 22.1. The van der Waals surface area contributed by atoms with Gasteiger partial charge in [-0.25, -0.2) is 9.97 Å². The summed E-state index contributed by atoms with van der Waals surface area (Å²) in [7, 11) is 0. The number of likely N-dealkylation sites (tertiary alicyclic amines) is 1. The van der Waals surface area contributed by atoms with E-state index < -0.39 is 0 Å². The van der Waals surface area contributed by atoms with Crippen LogP contribution < -0.4 is 11.1 Å². The van der Waals surface area contributed by atoms with Crippen molar-refractivity contribution in [1.29, 1.82) is 0 Å². The van der Waals surface area contributed by atoms with Crippen LogP contribution in [0, 0.1) is 0 Å². The van der Waals surface area contributed by atoms with Crippen molar-refractivity contribution in [3.8, 4) is 0 Å². The van der Waals surface area contributed by atoms with Crippen molar-refractivity contribution in [3.05, 3.63) is 18.1 Å². The maximum atomic E-state index is 11.9. The number of carbonyl (C=O) groups excluding carboxylic acids is 1. The van der Waals surface area contributed by atoms with Gasteiger partial charge in [0.25, 0.3) is 5.91 Å². The number of nitrogens with zero attached hydrogens (tertiary/aromatic N) is 3. The van der Waals surface area contributed by atoms with Gasteiger partial charge in [-0.1, -0.05) is 6.92 Å². The van der Waals surface area contributed by atoms with Gasteiger partial charge in [0.05, 0.1) is 12.4 Å².